The zero-order chi connectivity index (χ0) is 23.7. The second-order valence-corrected chi connectivity index (χ2v) is 8.79. The molecule has 0 spiro atoms. The minimum atomic E-state index is 0.721. The van der Waals surface area contributed by atoms with Gasteiger partial charge in [0.05, 0.1) is 23.8 Å². The van der Waals surface area contributed by atoms with E-state index >= 15 is 0 Å². The van der Waals surface area contributed by atoms with E-state index in [1.807, 2.05) is 16.9 Å². The fourth-order valence-electron chi connectivity index (χ4n) is 4.51. The summed E-state index contributed by atoms with van der Waals surface area (Å²) in [4.78, 5) is 9.09. The molecule has 0 atom stereocenters. The molecule has 4 nitrogen and oxygen atoms in total. The van der Waals surface area contributed by atoms with Gasteiger partial charge in [-0.05, 0) is 47.9 Å². The Labute approximate surface area is 207 Å². The van der Waals surface area contributed by atoms with Gasteiger partial charge in [0, 0.05) is 0 Å². The van der Waals surface area contributed by atoms with Gasteiger partial charge in [0.15, 0.2) is 5.65 Å². The molecule has 0 unspecified atom stereocenters. The Kier molecular flexibility index (Phi) is 7.39. The topological polar surface area (TPSA) is 43.6 Å². The molecule has 0 saturated heterocycles. The highest BCUT2D eigenvalue weighted by atomic mass is 15.3. The molecule has 0 bridgehead atoms. The maximum atomic E-state index is 4.59. The molecule has 0 amide bonds. The van der Waals surface area contributed by atoms with Crippen LogP contribution in [-0.4, -0.2) is 19.7 Å². The highest BCUT2D eigenvalue weighted by Crippen LogP contribution is 2.24. The third-order valence-electron chi connectivity index (χ3n) is 6.33. The van der Waals surface area contributed by atoms with Gasteiger partial charge in [-0.1, -0.05) is 103 Å². The summed E-state index contributed by atoms with van der Waals surface area (Å²) in [5.41, 5.74) is 7.09. The highest BCUT2D eigenvalue weighted by Gasteiger charge is 2.10. The molecular formula is C31H30N4. The number of hydrogen-bond acceptors (Lipinski definition) is 3. The molecule has 0 saturated carbocycles. The molecule has 5 rings (SSSR count). The Morgan fingerprint density at radius 3 is 2.06 bits per heavy atom. The van der Waals surface area contributed by atoms with Crippen LogP contribution in [0.25, 0.3) is 16.6 Å². The second kappa shape index (κ2) is 11.4. The van der Waals surface area contributed by atoms with E-state index in [-0.39, 0.29) is 0 Å². The molecule has 2 heterocycles. The van der Waals surface area contributed by atoms with E-state index in [0.29, 0.717) is 0 Å². The first kappa shape index (κ1) is 22.7. The molecule has 4 heteroatoms. The first-order valence-electron chi connectivity index (χ1n) is 12.4. The summed E-state index contributed by atoms with van der Waals surface area (Å²) in [6.45, 7) is 0.721. The van der Waals surface area contributed by atoms with Crippen LogP contribution in [-0.2, 0) is 13.0 Å². The number of rotatable bonds is 10. The van der Waals surface area contributed by atoms with Gasteiger partial charge in [-0.2, -0.15) is 5.10 Å². The van der Waals surface area contributed by atoms with Crippen molar-refractivity contribution in [2.75, 3.05) is 0 Å². The first-order valence-corrected chi connectivity index (χ1v) is 12.4. The molecule has 0 aliphatic carbocycles. The van der Waals surface area contributed by atoms with Crippen LogP contribution < -0.4 is 0 Å². The van der Waals surface area contributed by atoms with Crippen molar-refractivity contribution in [3.63, 3.8) is 0 Å². The Bertz CT molecular complexity index is 1330. The molecular weight excluding hydrogens is 428 g/mol. The van der Waals surface area contributed by atoms with Gasteiger partial charge in [0.1, 0.15) is 6.33 Å². The summed E-state index contributed by atoms with van der Waals surface area (Å²) in [6, 6.07) is 31.7. The van der Waals surface area contributed by atoms with E-state index in [4.69, 9.17) is 0 Å². The number of hydrogen-bond donors (Lipinski definition) is 0. The summed E-state index contributed by atoms with van der Waals surface area (Å²) in [5, 5.41) is 5.66. The Morgan fingerprint density at radius 1 is 0.714 bits per heavy atom. The summed E-state index contributed by atoms with van der Waals surface area (Å²) >= 11 is 0. The van der Waals surface area contributed by atoms with Gasteiger partial charge in [-0.3, -0.25) is 0 Å². The molecule has 35 heavy (non-hydrogen) atoms. The molecule has 0 fully saturated rings. The zero-order valence-electron chi connectivity index (χ0n) is 19.9. The fraction of sp³-hybridized carbons (Fsp3) is 0.194. The molecule has 2 aromatic heterocycles. The lowest BCUT2D eigenvalue weighted by Gasteiger charge is -2.09. The van der Waals surface area contributed by atoms with Crippen LogP contribution in [0.2, 0.25) is 0 Å². The quantitative estimate of drug-likeness (QED) is 0.209. The number of benzene rings is 3. The lowest BCUT2D eigenvalue weighted by atomic mass is 9.96. The van der Waals surface area contributed by atoms with Gasteiger partial charge >= 0.3 is 0 Å². The third kappa shape index (κ3) is 5.72. The average Bonchev–Trinajstić information content (AvgIpc) is 3.33. The smallest absolute Gasteiger partial charge is 0.161 e. The van der Waals surface area contributed by atoms with Gasteiger partial charge in [0.25, 0.3) is 0 Å². The van der Waals surface area contributed by atoms with Crippen molar-refractivity contribution in [1.82, 2.24) is 19.7 Å². The van der Waals surface area contributed by atoms with Crippen molar-refractivity contribution >= 4 is 16.6 Å². The van der Waals surface area contributed by atoms with Crippen LogP contribution in [0.15, 0.2) is 110 Å². The molecule has 5 aromatic rings. The van der Waals surface area contributed by atoms with Gasteiger partial charge in [-0.25, -0.2) is 14.6 Å². The van der Waals surface area contributed by atoms with E-state index in [0.717, 1.165) is 55.4 Å². The zero-order valence-corrected chi connectivity index (χ0v) is 19.9. The van der Waals surface area contributed by atoms with Crippen molar-refractivity contribution in [2.45, 2.75) is 38.6 Å². The Balaban J connectivity index is 1.19. The van der Waals surface area contributed by atoms with Crippen molar-refractivity contribution in [3.05, 3.63) is 132 Å². The van der Waals surface area contributed by atoms with Crippen LogP contribution in [0.3, 0.4) is 0 Å². The number of unbranched alkanes of at least 4 members (excludes halogenated alkanes) is 3. The molecule has 0 N–H and O–H groups in total. The van der Waals surface area contributed by atoms with Crippen molar-refractivity contribution in [1.29, 1.82) is 0 Å². The normalized spacial score (nSPS) is 11.0. The Hall–Kier alpha value is -4.05. The second-order valence-electron chi connectivity index (χ2n) is 8.79. The van der Waals surface area contributed by atoms with Gasteiger partial charge in [0.2, 0.25) is 0 Å². The fourth-order valence-corrected chi connectivity index (χ4v) is 4.51. The molecule has 0 radical (unpaired) electrons. The molecule has 0 aliphatic rings. The number of allylic oxidation sites excluding steroid dienone is 1. The monoisotopic (exact) mass is 458 g/mol. The summed E-state index contributed by atoms with van der Waals surface area (Å²) in [6.07, 6.45) is 11.4. The van der Waals surface area contributed by atoms with Crippen molar-refractivity contribution in [2.24, 2.45) is 0 Å². The van der Waals surface area contributed by atoms with Gasteiger partial charge < -0.3 is 0 Å². The predicted octanol–water partition coefficient (Wildman–Crippen LogP) is 7.11. The number of aromatic nitrogens is 4. The van der Waals surface area contributed by atoms with E-state index < -0.39 is 0 Å². The number of nitrogens with zero attached hydrogens (tertiary/aromatic N) is 4. The van der Waals surface area contributed by atoms with E-state index in [1.54, 1.807) is 6.33 Å². The lowest BCUT2D eigenvalue weighted by molar-refractivity contribution is 0.680. The van der Waals surface area contributed by atoms with Gasteiger partial charge in [-0.15, -0.1) is 0 Å². The van der Waals surface area contributed by atoms with E-state index in [1.165, 1.54) is 22.3 Å². The van der Waals surface area contributed by atoms with Crippen LogP contribution >= 0.6 is 0 Å². The largest absolute Gasteiger partial charge is 0.243 e. The minimum absolute atomic E-state index is 0.721. The highest BCUT2D eigenvalue weighted by molar-refractivity contribution is 5.79. The standard InChI is InChI=1S/C31H30N4/c1(12-20-28(26-16-8-4-9-17-26)27-18-10-5-11-19-27)2-13-21-30-29-22-34-35(31(29)33-24-32-30)23-25-14-6-3-7-15-25/h3-11,14-20,22,24H,1-2,12-13,21,23H2. The maximum Gasteiger partial charge on any atom is 0.161 e. The molecule has 3 aromatic carbocycles. The van der Waals surface area contributed by atoms with Crippen LogP contribution in [0.4, 0.5) is 0 Å². The molecule has 174 valence electrons. The summed E-state index contributed by atoms with van der Waals surface area (Å²) in [5.74, 6) is 0. The van der Waals surface area contributed by atoms with Crippen LogP contribution in [0.5, 0.6) is 0 Å². The minimum Gasteiger partial charge on any atom is -0.243 e. The Morgan fingerprint density at radius 2 is 1.37 bits per heavy atom. The van der Waals surface area contributed by atoms with E-state index in [2.05, 4.69) is 106 Å². The summed E-state index contributed by atoms with van der Waals surface area (Å²) in [7, 11) is 0. The lowest BCUT2D eigenvalue weighted by Crippen LogP contribution is -2.03. The predicted molar refractivity (Wildman–Crippen MR) is 143 cm³/mol. The third-order valence-corrected chi connectivity index (χ3v) is 6.33. The average molecular weight is 459 g/mol. The van der Waals surface area contributed by atoms with Crippen LogP contribution in [0, 0.1) is 0 Å². The maximum absolute atomic E-state index is 4.59. The SMILES string of the molecule is C(CCCCCc1ncnc2c1cnn2Cc1ccccc1)=C(c1ccccc1)c1ccccc1. The number of fused-ring (bicyclic) bond motifs is 1. The summed E-state index contributed by atoms with van der Waals surface area (Å²) < 4.78 is 1.97. The van der Waals surface area contributed by atoms with Crippen molar-refractivity contribution in [3.8, 4) is 0 Å². The first-order chi connectivity index (χ1) is 17.4. The number of aryl methyl sites for hydroxylation is 1. The molecule has 0 aliphatic heterocycles. The van der Waals surface area contributed by atoms with E-state index in [9.17, 15) is 0 Å². The van der Waals surface area contributed by atoms with Crippen molar-refractivity contribution < 1.29 is 0 Å². The van der Waals surface area contributed by atoms with Crippen LogP contribution in [0.1, 0.15) is 48.1 Å².